The zero-order valence-corrected chi connectivity index (χ0v) is 11.7. The number of ether oxygens (including phenoxy) is 1. The van der Waals surface area contributed by atoms with Gasteiger partial charge in [-0.1, -0.05) is 29.8 Å². The second-order valence-electron chi connectivity index (χ2n) is 4.45. The molecule has 0 amide bonds. The fraction of sp³-hybridized carbons (Fsp3) is 0.200. The third-order valence-electron chi connectivity index (χ3n) is 2.91. The minimum Gasteiger partial charge on any atom is -0.487 e. The van der Waals surface area contributed by atoms with Gasteiger partial charge in [0, 0.05) is 6.54 Å². The summed E-state index contributed by atoms with van der Waals surface area (Å²) >= 11 is 6.03. The highest BCUT2D eigenvalue weighted by Gasteiger charge is 2.29. The molecular formula is C15H13ClF3NO. The monoisotopic (exact) mass is 315 g/mol. The zero-order chi connectivity index (χ0) is 15.5. The molecule has 0 spiro atoms. The zero-order valence-electron chi connectivity index (χ0n) is 11.0. The standard InChI is InChI=1S/C15H13ClF3NO/c16-13-7-11(8-20)3-6-14(13)21-9-10-1-4-12(5-2-10)15(17,18)19/h1-7H,8-9,20H2. The Labute approximate surface area is 125 Å². The van der Waals surface area contributed by atoms with Gasteiger partial charge in [0.25, 0.3) is 0 Å². The molecule has 0 fully saturated rings. The minimum absolute atomic E-state index is 0.139. The van der Waals surface area contributed by atoms with E-state index in [0.717, 1.165) is 17.7 Å². The Morgan fingerprint density at radius 1 is 1.00 bits per heavy atom. The lowest BCUT2D eigenvalue weighted by atomic mass is 10.1. The average molecular weight is 316 g/mol. The van der Waals surface area contributed by atoms with Gasteiger partial charge in [0.05, 0.1) is 10.6 Å². The second kappa shape index (κ2) is 6.37. The molecule has 2 aromatic carbocycles. The molecule has 0 aliphatic carbocycles. The van der Waals surface area contributed by atoms with Gasteiger partial charge in [-0.15, -0.1) is 0 Å². The molecule has 0 saturated heterocycles. The van der Waals surface area contributed by atoms with Crippen LogP contribution in [-0.4, -0.2) is 0 Å². The first-order chi connectivity index (χ1) is 9.90. The molecule has 112 valence electrons. The molecule has 2 aromatic rings. The van der Waals surface area contributed by atoms with Crippen LogP contribution in [0.3, 0.4) is 0 Å². The SMILES string of the molecule is NCc1ccc(OCc2ccc(C(F)(F)F)cc2)c(Cl)c1. The van der Waals surface area contributed by atoms with Crippen molar-refractivity contribution in [3.8, 4) is 5.75 Å². The quantitative estimate of drug-likeness (QED) is 0.907. The summed E-state index contributed by atoms with van der Waals surface area (Å²) < 4.78 is 42.8. The van der Waals surface area contributed by atoms with Crippen molar-refractivity contribution >= 4 is 11.6 Å². The summed E-state index contributed by atoms with van der Waals surface area (Å²) in [6.07, 6.45) is -4.33. The predicted molar refractivity (Wildman–Crippen MR) is 75.1 cm³/mol. The van der Waals surface area contributed by atoms with E-state index in [1.165, 1.54) is 12.1 Å². The smallest absolute Gasteiger partial charge is 0.416 e. The van der Waals surface area contributed by atoms with E-state index in [1.54, 1.807) is 18.2 Å². The van der Waals surface area contributed by atoms with Crippen LogP contribution >= 0.6 is 11.6 Å². The van der Waals surface area contributed by atoms with Crippen LogP contribution in [0.5, 0.6) is 5.75 Å². The highest BCUT2D eigenvalue weighted by atomic mass is 35.5. The third kappa shape index (κ3) is 4.12. The van der Waals surface area contributed by atoms with Crippen molar-refractivity contribution in [2.75, 3.05) is 0 Å². The van der Waals surface area contributed by atoms with Crippen LogP contribution in [0.25, 0.3) is 0 Å². The molecule has 2 N–H and O–H groups in total. The highest BCUT2D eigenvalue weighted by molar-refractivity contribution is 6.32. The van der Waals surface area contributed by atoms with Gasteiger partial charge in [0.1, 0.15) is 12.4 Å². The van der Waals surface area contributed by atoms with Gasteiger partial charge in [-0.25, -0.2) is 0 Å². The molecular weight excluding hydrogens is 303 g/mol. The van der Waals surface area contributed by atoms with Crippen molar-refractivity contribution in [1.82, 2.24) is 0 Å². The van der Waals surface area contributed by atoms with Crippen molar-refractivity contribution in [2.24, 2.45) is 5.73 Å². The van der Waals surface area contributed by atoms with E-state index >= 15 is 0 Å². The van der Waals surface area contributed by atoms with Gasteiger partial charge in [-0.2, -0.15) is 13.2 Å². The molecule has 21 heavy (non-hydrogen) atoms. The van der Waals surface area contributed by atoms with Gasteiger partial charge in [-0.05, 0) is 35.4 Å². The van der Waals surface area contributed by atoms with Crippen LogP contribution in [-0.2, 0) is 19.3 Å². The molecule has 0 aliphatic rings. The minimum atomic E-state index is -4.33. The largest absolute Gasteiger partial charge is 0.487 e. The summed E-state index contributed by atoms with van der Waals surface area (Å²) in [5, 5.41) is 0.421. The lowest BCUT2D eigenvalue weighted by molar-refractivity contribution is -0.137. The van der Waals surface area contributed by atoms with Gasteiger partial charge >= 0.3 is 6.18 Å². The summed E-state index contributed by atoms with van der Waals surface area (Å²) in [4.78, 5) is 0. The number of rotatable bonds is 4. The van der Waals surface area contributed by atoms with E-state index in [-0.39, 0.29) is 6.61 Å². The van der Waals surface area contributed by atoms with Crippen molar-refractivity contribution < 1.29 is 17.9 Å². The van der Waals surface area contributed by atoms with E-state index in [0.29, 0.717) is 22.9 Å². The van der Waals surface area contributed by atoms with Crippen molar-refractivity contribution in [3.05, 3.63) is 64.2 Å². The Hall–Kier alpha value is -1.72. The maximum Gasteiger partial charge on any atom is 0.416 e. The molecule has 0 saturated carbocycles. The Morgan fingerprint density at radius 3 is 2.14 bits per heavy atom. The molecule has 0 heterocycles. The molecule has 0 atom stereocenters. The van der Waals surface area contributed by atoms with E-state index in [2.05, 4.69) is 0 Å². The topological polar surface area (TPSA) is 35.2 Å². The first-order valence-electron chi connectivity index (χ1n) is 6.17. The summed E-state index contributed by atoms with van der Waals surface area (Å²) in [6, 6.07) is 9.98. The third-order valence-corrected chi connectivity index (χ3v) is 3.20. The van der Waals surface area contributed by atoms with Crippen molar-refractivity contribution in [2.45, 2.75) is 19.3 Å². The molecule has 0 aliphatic heterocycles. The van der Waals surface area contributed by atoms with Crippen LogP contribution in [0.15, 0.2) is 42.5 Å². The number of hydrogen-bond acceptors (Lipinski definition) is 2. The molecule has 0 radical (unpaired) electrons. The molecule has 2 nitrogen and oxygen atoms in total. The summed E-state index contributed by atoms with van der Waals surface area (Å²) in [5.74, 6) is 0.466. The summed E-state index contributed by atoms with van der Waals surface area (Å²) in [7, 11) is 0. The first-order valence-corrected chi connectivity index (χ1v) is 6.55. The van der Waals surface area contributed by atoms with Crippen molar-refractivity contribution in [1.29, 1.82) is 0 Å². The van der Waals surface area contributed by atoms with Crippen LogP contribution in [0.4, 0.5) is 13.2 Å². The lowest BCUT2D eigenvalue weighted by Gasteiger charge is -2.10. The summed E-state index contributed by atoms with van der Waals surface area (Å²) in [6.45, 7) is 0.513. The second-order valence-corrected chi connectivity index (χ2v) is 4.86. The van der Waals surface area contributed by atoms with Gasteiger partial charge < -0.3 is 10.5 Å². The normalized spacial score (nSPS) is 11.5. The van der Waals surface area contributed by atoms with E-state index in [4.69, 9.17) is 22.1 Å². The summed E-state index contributed by atoms with van der Waals surface area (Å²) in [5.41, 5.74) is 6.31. The Bertz CT molecular complexity index is 611. The predicted octanol–water partition coefficient (Wildman–Crippen LogP) is 4.40. The Kier molecular flexibility index (Phi) is 4.75. The maximum atomic E-state index is 12.4. The molecule has 0 bridgehead atoms. The highest BCUT2D eigenvalue weighted by Crippen LogP contribution is 2.30. The number of nitrogens with two attached hydrogens (primary N) is 1. The van der Waals surface area contributed by atoms with Gasteiger partial charge in [-0.3, -0.25) is 0 Å². The maximum absolute atomic E-state index is 12.4. The lowest BCUT2D eigenvalue weighted by Crippen LogP contribution is -2.05. The molecule has 6 heteroatoms. The number of hydrogen-bond donors (Lipinski definition) is 1. The van der Waals surface area contributed by atoms with Crippen LogP contribution < -0.4 is 10.5 Å². The van der Waals surface area contributed by atoms with Crippen LogP contribution in [0.1, 0.15) is 16.7 Å². The van der Waals surface area contributed by atoms with E-state index in [9.17, 15) is 13.2 Å². The molecule has 0 unspecified atom stereocenters. The fourth-order valence-corrected chi connectivity index (χ4v) is 2.00. The number of alkyl halides is 3. The van der Waals surface area contributed by atoms with Crippen LogP contribution in [0.2, 0.25) is 5.02 Å². The molecule has 0 aromatic heterocycles. The van der Waals surface area contributed by atoms with Gasteiger partial charge in [0.15, 0.2) is 0 Å². The van der Waals surface area contributed by atoms with Gasteiger partial charge in [0.2, 0.25) is 0 Å². The molecule has 2 rings (SSSR count). The van der Waals surface area contributed by atoms with E-state index < -0.39 is 11.7 Å². The van der Waals surface area contributed by atoms with Crippen LogP contribution in [0, 0.1) is 0 Å². The average Bonchev–Trinajstić information content (AvgIpc) is 2.45. The van der Waals surface area contributed by atoms with E-state index in [1.807, 2.05) is 0 Å². The Morgan fingerprint density at radius 2 is 1.62 bits per heavy atom. The fourth-order valence-electron chi connectivity index (χ4n) is 1.74. The first kappa shape index (κ1) is 15.7. The Balaban J connectivity index is 2.03. The van der Waals surface area contributed by atoms with Crippen molar-refractivity contribution in [3.63, 3.8) is 0 Å². The number of halogens is 4. The number of benzene rings is 2.